The summed E-state index contributed by atoms with van der Waals surface area (Å²) in [6.07, 6.45) is 0.722. The molecule has 1 heterocycles. The second kappa shape index (κ2) is 7.90. The average Bonchev–Trinajstić information content (AvgIpc) is 2.92. The van der Waals surface area contributed by atoms with Gasteiger partial charge in [-0.1, -0.05) is 29.3 Å². The smallest absolute Gasteiger partial charge is 0.317 e. The van der Waals surface area contributed by atoms with Crippen LogP contribution in [0.1, 0.15) is 6.42 Å². The zero-order valence-electron chi connectivity index (χ0n) is 12.8. The Bertz CT molecular complexity index is 526. The summed E-state index contributed by atoms with van der Waals surface area (Å²) >= 11 is 12.1. The first kappa shape index (κ1) is 17.2. The third kappa shape index (κ3) is 4.66. The molecule has 0 radical (unpaired) electrons. The molecular weight excluding hydrogens is 325 g/mol. The molecule has 5 nitrogen and oxygen atoms in total. The third-order valence-electron chi connectivity index (χ3n) is 3.48. The van der Waals surface area contributed by atoms with Crippen molar-refractivity contribution in [2.24, 2.45) is 0 Å². The van der Waals surface area contributed by atoms with Crippen LogP contribution in [0.5, 0.6) is 5.75 Å². The Labute approximate surface area is 141 Å². The van der Waals surface area contributed by atoms with Crippen LogP contribution in [0.15, 0.2) is 18.2 Å². The lowest BCUT2D eigenvalue weighted by molar-refractivity contribution is 0.186. The molecule has 1 aliphatic rings. The van der Waals surface area contributed by atoms with Crippen molar-refractivity contribution in [3.8, 4) is 5.75 Å². The van der Waals surface area contributed by atoms with Gasteiger partial charge in [-0.25, -0.2) is 4.79 Å². The van der Waals surface area contributed by atoms with Gasteiger partial charge in [-0.2, -0.15) is 0 Å². The molecule has 122 valence electrons. The Hall–Kier alpha value is -1.17. The highest BCUT2D eigenvalue weighted by atomic mass is 35.5. The number of urea groups is 1. The fraction of sp³-hybridized carbons (Fsp3) is 0.533. The van der Waals surface area contributed by atoms with Crippen LogP contribution in [0.25, 0.3) is 0 Å². The van der Waals surface area contributed by atoms with E-state index in [4.69, 9.17) is 27.9 Å². The third-order valence-corrected chi connectivity index (χ3v) is 4.28. The predicted molar refractivity (Wildman–Crippen MR) is 89.0 cm³/mol. The number of hydrogen-bond donors (Lipinski definition) is 1. The minimum atomic E-state index is -0.0597. The van der Waals surface area contributed by atoms with E-state index >= 15 is 0 Å². The standard InChI is InChI=1S/C15H21Cl2N3O2/c1-19(2)9-7-18-15(21)20-8-6-11(10-20)22-13-5-3-4-12(16)14(13)17/h3-5,11H,6-10H2,1-2H3,(H,18,21). The monoisotopic (exact) mass is 345 g/mol. The summed E-state index contributed by atoms with van der Waals surface area (Å²) in [7, 11) is 3.95. The van der Waals surface area contributed by atoms with Crippen LogP contribution >= 0.6 is 23.2 Å². The maximum Gasteiger partial charge on any atom is 0.317 e. The molecule has 0 aliphatic carbocycles. The number of amides is 2. The second-order valence-electron chi connectivity index (χ2n) is 5.56. The number of nitrogens with one attached hydrogen (secondary N) is 1. The van der Waals surface area contributed by atoms with Gasteiger partial charge in [0.15, 0.2) is 0 Å². The highest BCUT2D eigenvalue weighted by Gasteiger charge is 2.28. The SMILES string of the molecule is CN(C)CCNC(=O)N1CCC(Oc2cccc(Cl)c2Cl)C1. The first-order chi connectivity index (χ1) is 10.5. The minimum Gasteiger partial charge on any atom is -0.487 e. The van der Waals surface area contributed by atoms with Crippen molar-refractivity contribution in [1.82, 2.24) is 15.1 Å². The fourth-order valence-corrected chi connectivity index (χ4v) is 2.60. The van der Waals surface area contributed by atoms with E-state index in [2.05, 4.69) is 5.32 Å². The Morgan fingerprint density at radius 3 is 2.95 bits per heavy atom. The van der Waals surface area contributed by atoms with Gasteiger partial charge in [0.05, 0.1) is 11.6 Å². The van der Waals surface area contributed by atoms with Crippen molar-refractivity contribution in [3.05, 3.63) is 28.2 Å². The fourth-order valence-electron chi connectivity index (χ4n) is 2.26. The summed E-state index contributed by atoms with van der Waals surface area (Å²) in [5.74, 6) is 0.564. The molecule has 1 aromatic carbocycles. The molecule has 22 heavy (non-hydrogen) atoms. The van der Waals surface area contributed by atoms with E-state index in [1.54, 1.807) is 23.1 Å². The number of nitrogens with zero attached hydrogens (tertiary/aromatic N) is 2. The largest absolute Gasteiger partial charge is 0.487 e. The number of likely N-dealkylation sites (tertiary alicyclic amines) is 1. The number of ether oxygens (including phenoxy) is 1. The zero-order chi connectivity index (χ0) is 16.1. The molecular formula is C15H21Cl2N3O2. The van der Waals surface area contributed by atoms with Crippen LogP contribution in [0.4, 0.5) is 4.79 Å². The molecule has 1 aliphatic heterocycles. The summed E-state index contributed by atoms with van der Waals surface area (Å²) in [6, 6.07) is 5.25. The molecule has 1 saturated heterocycles. The van der Waals surface area contributed by atoms with Gasteiger partial charge in [0.2, 0.25) is 0 Å². The van der Waals surface area contributed by atoms with Gasteiger partial charge >= 0.3 is 6.03 Å². The van der Waals surface area contributed by atoms with Gasteiger partial charge in [0, 0.05) is 26.1 Å². The Morgan fingerprint density at radius 1 is 1.45 bits per heavy atom. The molecule has 1 N–H and O–H groups in total. The summed E-state index contributed by atoms with van der Waals surface area (Å²) in [5.41, 5.74) is 0. The average molecular weight is 346 g/mol. The van der Waals surface area contributed by atoms with E-state index in [-0.39, 0.29) is 12.1 Å². The molecule has 0 saturated carbocycles. The lowest BCUT2D eigenvalue weighted by Gasteiger charge is -2.19. The number of carbonyl (C=O) groups excluding carboxylic acids is 1. The van der Waals surface area contributed by atoms with Gasteiger partial charge in [0.25, 0.3) is 0 Å². The van der Waals surface area contributed by atoms with Crippen molar-refractivity contribution < 1.29 is 9.53 Å². The van der Waals surface area contributed by atoms with Gasteiger partial charge in [-0.3, -0.25) is 0 Å². The topological polar surface area (TPSA) is 44.8 Å². The van der Waals surface area contributed by atoms with Crippen molar-refractivity contribution in [3.63, 3.8) is 0 Å². The minimum absolute atomic E-state index is 0.0508. The van der Waals surface area contributed by atoms with Crippen LogP contribution < -0.4 is 10.1 Å². The molecule has 1 fully saturated rings. The van der Waals surface area contributed by atoms with E-state index in [9.17, 15) is 4.79 Å². The van der Waals surface area contributed by atoms with E-state index < -0.39 is 0 Å². The van der Waals surface area contributed by atoms with E-state index in [1.165, 1.54) is 0 Å². The predicted octanol–water partition coefficient (Wildman–Crippen LogP) is 2.72. The lowest BCUT2D eigenvalue weighted by atomic mass is 10.3. The van der Waals surface area contributed by atoms with Gasteiger partial charge < -0.3 is 19.9 Å². The maximum atomic E-state index is 12.0. The highest BCUT2D eigenvalue weighted by Crippen LogP contribution is 2.33. The van der Waals surface area contributed by atoms with Crippen molar-refractivity contribution >= 4 is 29.2 Å². The normalized spacial score (nSPS) is 17.9. The molecule has 0 bridgehead atoms. The summed E-state index contributed by atoms with van der Waals surface area (Å²) in [4.78, 5) is 15.8. The molecule has 2 amide bonds. The van der Waals surface area contributed by atoms with Crippen LogP contribution in [0.2, 0.25) is 10.0 Å². The maximum absolute atomic E-state index is 12.0. The van der Waals surface area contributed by atoms with Crippen molar-refractivity contribution in [2.75, 3.05) is 40.3 Å². The molecule has 1 aromatic rings. The molecule has 0 spiro atoms. The molecule has 7 heteroatoms. The quantitative estimate of drug-likeness (QED) is 0.892. The second-order valence-corrected chi connectivity index (χ2v) is 6.35. The van der Waals surface area contributed by atoms with E-state index in [0.29, 0.717) is 35.4 Å². The molecule has 2 rings (SSSR count). The lowest BCUT2D eigenvalue weighted by Crippen LogP contribution is -2.41. The first-order valence-corrected chi connectivity index (χ1v) is 8.01. The number of benzene rings is 1. The van der Waals surface area contributed by atoms with Crippen LogP contribution in [0.3, 0.4) is 0 Å². The summed E-state index contributed by atoms with van der Waals surface area (Å²) in [5, 5.41) is 3.79. The Morgan fingerprint density at radius 2 is 2.23 bits per heavy atom. The van der Waals surface area contributed by atoms with Gasteiger partial charge in [0.1, 0.15) is 16.9 Å². The molecule has 0 aromatic heterocycles. The Balaban J connectivity index is 1.82. The first-order valence-electron chi connectivity index (χ1n) is 7.25. The van der Waals surface area contributed by atoms with Gasteiger partial charge in [-0.15, -0.1) is 0 Å². The van der Waals surface area contributed by atoms with Crippen LogP contribution in [0, 0.1) is 0 Å². The number of halogens is 2. The van der Waals surface area contributed by atoms with Crippen LogP contribution in [-0.4, -0.2) is 62.2 Å². The Kier molecular flexibility index (Phi) is 6.17. The summed E-state index contributed by atoms with van der Waals surface area (Å²) in [6.45, 7) is 2.68. The van der Waals surface area contributed by atoms with Crippen LogP contribution in [-0.2, 0) is 0 Å². The number of likely N-dealkylation sites (N-methyl/N-ethyl adjacent to an activating group) is 1. The van der Waals surface area contributed by atoms with Crippen molar-refractivity contribution in [1.29, 1.82) is 0 Å². The molecule has 1 unspecified atom stereocenters. The molecule has 1 atom stereocenters. The number of hydrogen-bond acceptors (Lipinski definition) is 3. The summed E-state index contributed by atoms with van der Waals surface area (Å²) < 4.78 is 5.86. The zero-order valence-corrected chi connectivity index (χ0v) is 14.3. The van der Waals surface area contributed by atoms with Gasteiger partial charge in [-0.05, 0) is 26.2 Å². The van der Waals surface area contributed by atoms with E-state index in [0.717, 1.165) is 13.0 Å². The number of carbonyl (C=O) groups is 1. The number of rotatable bonds is 5. The van der Waals surface area contributed by atoms with E-state index in [1.807, 2.05) is 19.0 Å². The van der Waals surface area contributed by atoms with Crippen molar-refractivity contribution in [2.45, 2.75) is 12.5 Å². The highest BCUT2D eigenvalue weighted by molar-refractivity contribution is 6.42.